The van der Waals surface area contributed by atoms with Crippen LogP contribution in [0.4, 0.5) is 11.5 Å². The van der Waals surface area contributed by atoms with Gasteiger partial charge in [-0.1, -0.05) is 18.2 Å². The van der Waals surface area contributed by atoms with E-state index in [9.17, 15) is 4.79 Å². The van der Waals surface area contributed by atoms with E-state index in [2.05, 4.69) is 27.1 Å². The largest absolute Gasteiger partial charge is 0.368 e. The second kappa shape index (κ2) is 6.79. The minimum Gasteiger partial charge on any atom is -0.368 e. The molecular weight excluding hydrogens is 288 g/mol. The van der Waals surface area contributed by atoms with Crippen molar-refractivity contribution in [2.45, 2.75) is 6.92 Å². The maximum absolute atomic E-state index is 12.3. The van der Waals surface area contributed by atoms with Crippen molar-refractivity contribution in [3.05, 3.63) is 53.7 Å². The predicted octanol–water partition coefficient (Wildman–Crippen LogP) is 2.39. The van der Waals surface area contributed by atoms with Gasteiger partial charge in [0.15, 0.2) is 0 Å². The Bertz CT molecular complexity index is 676. The first kappa shape index (κ1) is 15.5. The van der Waals surface area contributed by atoms with Crippen LogP contribution in [0, 0.1) is 6.92 Å². The SMILES string of the molecule is Cc1ccccc1C(=O)Nc1ccc(N2CCN(C)CC2)cn1. The van der Waals surface area contributed by atoms with E-state index in [0.717, 1.165) is 37.4 Å². The maximum atomic E-state index is 12.3. The molecule has 0 atom stereocenters. The smallest absolute Gasteiger partial charge is 0.257 e. The zero-order chi connectivity index (χ0) is 16.2. The molecule has 1 aromatic heterocycles. The molecule has 2 aromatic rings. The van der Waals surface area contributed by atoms with Gasteiger partial charge in [-0.05, 0) is 37.7 Å². The number of benzene rings is 1. The quantitative estimate of drug-likeness (QED) is 0.946. The fourth-order valence-electron chi connectivity index (χ4n) is 2.72. The molecule has 1 N–H and O–H groups in total. The number of nitrogens with zero attached hydrogens (tertiary/aromatic N) is 3. The first-order valence-electron chi connectivity index (χ1n) is 7.90. The normalized spacial score (nSPS) is 15.5. The second-order valence-corrected chi connectivity index (χ2v) is 5.96. The van der Waals surface area contributed by atoms with Gasteiger partial charge in [0.25, 0.3) is 5.91 Å². The molecule has 1 amide bonds. The molecule has 1 aromatic carbocycles. The molecule has 0 saturated carbocycles. The summed E-state index contributed by atoms with van der Waals surface area (Å²) in [5, 5.41) is 2.86. The van der Waals surface area contributed by atoms with Crippen LogP contribution in [-0.4, -0.2) is 49.0 Å². The second-order valence-electron chi connectivity index (χ2n) is 5.96. The summed E-state index contributed by atoms with van der Waals surface area (Å²) < 4.78 is 0. The third kappa shape index (κ3) is 3.68. The Morgan fingerprint density at radius 3 is 2.48 bits per heavy atom. The Balaban J connectivity index is 1.66. The van der Waals surface area contributed by atoms with Crippen molar-refractivity contribution in [3.63, 3.8) is 0 Å². The van der Waals surface area contributed by atoms with Crippen molar-refractivity contribution in [1.29, 1.82) is 0 Å². The number of hydrogen-bond acceptors (Lipinski definition) is 4. The third-order valence-electron chi connectivity index (χ3n) is 4.25. The molecule has 120 valence electrons. The molecule has 0 radical (unpaired) electrons. The van der Waals surface area contributed by atoms with Gasteiger partial charge in [0.1, 0.15) is 5.82 Å². The van der Waals surface area contributed by atoms with Crippen molar-refractivity contribution < 1.29 is 4.79 Å². The highest BCUT2D eigenvalue weighted by Gasteiger charge is 2.15. The number of piperazine rings is 1. The molecule has 23 heavy (non-hydrogen) atoms. The Morgan fingerprint density at radius 1 is 1.09 bits per heavy atom. The summed E-state index contributed by atoms with van der Waals surface area (Å²) in [5.41, 5.74) is 2.74. The summed E-state index contributed by atoms with van der Waals surface area (Å²) >= 11 is 0. The van der Waals surface area contributed by atoms with Crippen molar-refractivity contribution >= 4 is 17.4 Å². The number of pyridine rings is 1. The molecule has 2 heterocycles. The van der Waals surface area contributed by atoms with Crippen LogP contribution in [-0.2, 0) is 0 Å². The van der Waals surface area contributed by atoms with Crippen molar-refractivity contribution in [2.24, 2.45) is 0 Å². The van der Waals surface area contributed by atoms with Crippen molar-refractivity contribution in [3.8, 4) is 0 Å². The van der Waals surface area contributed by atoms with Gasteiger partial charge in [0, 0.05) is 31.7 Å². The number of rotatable bonds is 3. The summed E-state index contributed by atoms with van der Waals surface area (Å²) in [6, 6.07) is 11.4. The number of hydrogen-bond donors (Lipinski definition) is 1. The van der Waals surface area contributed by atoms with Gasteiger partial charge in [-0.3, -0.25) is 4.79 Å². The number of amides is 1. The first-order valence-corrected chi connectivity index (χ1v) is 7.90. The molecule has 3 rings (SSSR count). The van der Waals surface area contributed by atoms with Crippen LogP contribution in [0.25, 0.3) is 0 Å². The topological polar surface area (TPSA) is 48.5 Å². The molecule has 0 unspecified atom stereocenters. The summed E-state index contributed by atoms with van der Waals surface area (Å²) in [6.07, 6.45) is 1.83. The summed E-state index contributed by atoms with van der Waals surface area (Å²) in [6.45, 7) is 6.07. The van der Waals surface area contributed by atoms with Crippen LogP contribution in [0.5, 0.6) is 0 Å². The standard InChI is InChI=1S/C18H22N4O/c1-14-5-3-4-6-16(14)18(23)20-17-8-7-15(13-19-17)22-11-9-21(2)10-12-22/h3-8,13H,9-12H2,1-2H3,(H,19,20,23). The molecule has 0 aliphatic carbocycles. The highest BCUT2D eigenvalue weighted by Crippen LogP contribution is 2.17. The highest BCUT2D eigenvalue weighted by atomic mass is 16.1. The zero-order valence-corrected chi connectivity index (χ0v) is 13.6. The van der Waals surface area contributed by atoms with Gasteiger partial charge in [0.2, 0.25) is 0 Å². The number of aryl methyl sites for hydroxylation is 1. The predicted molar refractivity (Wildman–Crippen MR) is 93.1 cm³/mol. The van der Waals surface area contributed by atoms with Gasteiger partial charge < -0.3 is 15.1 Å². The molecule has 5 nitrogen and oxygen atoms in total. The van der Waals surface area contributed by atoms with Crippen LogP contribution in [0.2, 0.25) is 0 Å². The molecule has 0 spiro atoms. The summed E-state index contributed by atoms with van der Waals surface area (Å²) in [5.74, 6) is 0.457. The van der Waals surface area contributed by atoms with Crippen LogP contribution in [0.1, 0.15) is 15.9 Å². The van der Waals surface area contributed by atoms with E-state index in [1.807, 2.05) is 49.5 Å². The highest BCUT2D eigenvalue weighted by molar-refractivity contribution is 6.04. The minimum atomic E-state index is -0.122. The maximum Gasteiger partial charge on any atom is 0.257 e. The molecule has 1 aliphatic heterocycles. The van der Waals surface area contributed by atoms with E-state index in [-0.39, 0.29) is 5.91 Å². The van der Waals surface area contributed by atoms with E-state index >= 15 is 0 Å². The minimum absolute atomic E-state index is 0.122. The molecule has 1 aliphatic rings. The zero-order valence-electron chi connectivity index (χ0n) is 13.6. The van der Waals surface area contributed by atoms with E-state index in [1.165, 1.54) is 0 Å². The number of carbonyl (C=O) groups excluding carboxylic acids is 1. The third-order valence-corrected chi connectivity index (χ3v) is 4.25. The van der Waals surface area contributed by atoms with E-state index in [0.29, 0.717) is 11.4 Å². The van der Waals surface area contributed by atoms with Crippen molar-refractivity contribution in [2.75, 3.05) is 43.4 Å². The Kier molecular flexibility index (Phi) is 4.57. The number of nitrogens with one attached hydrogen (secondary N) is 1. The molecular formula is C18H22N4O. The van der Waals surface area contributed by atoms with Gasteiger partial charge in [-0.15, -0.1) is 0 Å². The van der Waals surface area contributed by atoms with Crippen LogP contribution in [0.15, 0.2) is 42.6 Å². The van der Waals surface area contributed by atoms with Crippen LogP contribution >= 0.6 is 0 Å². The molecule has 1 fully saturated rings. The fourth-order valence-corrected chi connectivity index (χ4v) is 2.72. The lowest BCUT2D eigenvalue weighted by Crippen LogP contribution is -2.44. The number of aromatic nitrogens is 1. The number of carbonyl (C=O) groups is 1. The lowest BCUT2D eigenvalue weighted by Gasteiger charge is -2.33. The average molecular weight is 310 g/mol. The van der Waals surface area contributed by atoms with E-state index in [4.69, 9.17) is 0 Å². The van der Waals surface area contributed by atoms with Gasteiger partial charge >= 0.3 is 0 Å². The van der Waals surface area contributed by atoms with Crippen molar-refractivity contribution in [1.82, 2.24) is 9.88 Å². The van der Waals surface area contributed by atoms with Crippen LogP contribution in [0.3, 0.4) is 0 Å². The lowest BCUT2D eigenvalue weighted by atomic mass is 10.1. The lowest BCUT2D eigenvalue weighted by molar-refractivity contribution is 0.102. The fraction of sp³-hybridized carbons (Fsp3) is 0.333. The Morgan fingerprint density at radius 2 is 1.83 bits per heavy atom. The van der Waals surface area contributed by atoms with E-state index < -0.39 is 0 Å². The van der Waals surface area contributed by atoms with Crippen LogP contribution < -0.4 is 10.2 Å². The Hall–Kier alpha value is -2.40. The number of anilines is 2. The molecule has 1 saturated heterocycles. The van der Waals surface area contributed by atoms with Gasteiger partial charge in [-0.25, -0.2) is 4.98 Å². The molecule has 0 bridgehead atoms. The monoisotopic (exact) mass is 310 g/mol. The molecule has 5 heteroatoms. The first-order chi connectivity index (χ1) is 11.1. The average Bonchev–Trinajstić information content (AvgIpc) is 2.57. The number of likely N-dealkylation sites (N-methyl/N-ethyl adjacent to an activating group) is 1. The van der Waals surface area contributed by atoms with Gasteiger partial charge in [0.05, 0.1) is 11.9 Å². The van der Waals surface area contributed by atoms with E-state index in [1.54, 1.807) is 0 Å². The Labute approximate surface area is 136 Å². The summed E-state index contributed by atoms with van der Waals surface area (Å²) in [7, 11) is 2.14. The summed E-state index contributed by atoms with van der Waals surface area (Å²) in [4.78, 5) is 21.3. The van der Waals surface area contributed by atoms with Gasteiger partial charge in [-0.2, -0.15) is 0 Å².